The van der Waals surface area contributed by atoms with Gasteiger partial charge in [0.2, 0.25) is 0 Å². The van der Waals surface area contributed by atoms with Gasteiger partial charge in [0.25, 0.3) is 0 Å². The maximum absolute atomic E-state index is 13.4. The van der Waals surface area contributed by atoms with E-state index in [1.165, 1.54) is 73.1 Å². The predicted octanol–water partition coefficient (Wildman–Crippen LogP) is 25.4. The number of benzene rings is 7. The lowest BCUT2D eigenvalue weighted by molar-refractivity contribution is -0.171. The van der Waals surface area contributed by atoms with E-state index >= 15 is 0 Å². The minimum atomic E-state index is -1.34. The number of pyridine rings is 4. The van der Waals surface area contributed by atoms with Gasteiger partial charge in [0.05, 0.1) is 44.3 Å². The maximum Gasteiger partial charge on any atom is 0.350 e. The first-order valence-electron chi connectivity index (χ1n) is 45.9. The summed E-state index contributed by atoms with van der Waals surface area (Å²) in [4.78, 5) is 122. The predicted molar refractivity (Wildman–Crippen MR) is 536 cm³/mol. The van der Waals surface area contributed by atoms with E-state index in [4.69, 9.17) is 46.6 Å². The van der Waals surface area contributed by atoms with E-state index in [0.29, 0.717) is 39.5 Å². The number of halogens is 1. The normalized spacial score (nSPS) is 13.8. The number of para-hydroxylation sites is 4. The van der Waals surface area contributed by atoms with E-state index in [-0.39, 0.29) is 35.7 Å². The van der Waals surface area contributed by atoms with Crippen LogP contribution >= 0.6 is 11.6 Å². The molecule has 0 bridgehead atoms. The molecular weight excluding hydrogens is 1680 g/mol. The van der Waals surface area contributed by atoms with Crippen molar-refractivity contribution in [3.05, 3.63) is 247 Å². The van der Waals surface area contributed by atoms with Gasteiger partial charge in [-0.3, -0.25) is 24.0 Å². The molecule has 1 N–H and O–H groups in total. The van der Waals surface area contributed by atoms with Crippen molar-refractivity contribution in [2.75, 3.05) is 54.0 Å². The van der Waals surface area contributed by atoms with Gasteiger partial charge in [-0.15, -0.1) is 0 Å². The molecule has 132 heavy (non-hydrogen) atoms. The van der Waals surface area contributed by atoms with E-state index in [1.807, 2.05) is 229 Å². The van der Waals surface area contributed by atoms with Gasteiger partial charge < -0.3 is 43.5 Å². The number of Topliss-reactive ketones (excluding diaryl/α,β-unsaturated/α-hetero) is 2. The molecule has 11 aromatic rings. The van der Waals surface area contributed by atoms with E-state index in [2.05, 4.69) is 24.7 Å². The molecule has 7 aromatic carbocycles. The smallest absolute Gasteiger partial charge is 0.350 e. The number of carboxylic acids is 1. The summed E-state index contributed by atoms with van der Waals surface area (Å²) in [6.07, 6.45) is 21.9. The number of carboxylic acid groups (broad SMARTS) is 1. The Morgan fingerprint density at radius 2 is 0.629 bits per heavy atom. The van der Waals surface area contributed by atoms with E-state index in [9.17, 15) is 43.5 Å². The minimum Gasteiger partial charge on any atom is -0.478 e. The van der Waals surface area contributed by atoms with Gasteiger partial charge in [-0.05, 0) is 319 Å². The van der Waals surface area contributed by atoms with Crippen LogP contribution in [-0.2, 0) is 23.9 Å². The van der Waals surface area contributed by atoms with Crippen LogP contribution in [0.2, 0.25) is 5.15 Å². The molecule has 0 spiro atoms. The number of nitrogens with zero attached hydrogens (tertiary/aromatic N) is 7. The third kappa shape index (κ3) is 28.5. The van der Waals surface area contributed by atoms with Crippen LogP contribution in [0.25, 0.3) is 55.8 Å². The molecule has 700 valence electrons. The van der Waals surface area contributed by atoms with Crippen molar-refractivity contribution in [2.45, 2.75) is 252 Å². The molecule has 4 aliphatic rings. The molecule has 3 saturated heterocycles. The van der Waals surface area contributed by atoms with Gasteiger partial charge >= 0.3 is 17.9 Å². The number of ketones is 4. The Bertz CT molecular complexity index is 5980. The fourth-order valence-electron chi connectivity index (χ4n) is 15.6. The number of carbonyl (C=O) groups is 8. The van der Waals surface area contributed by atoms with Crippen molar-refractivity contribution in [3.63, 3.8) is 0 Å². The number of aldehydes is 1. The lowest BCUT2D eigenvalue weighted by atomic mass is 10.0. The monoisotopic (exact) mass is 1810 g/mol. The van der Waals surface area contributed by atoms with Crippen LogP contribution in [0.4, 0.5) is 17.5 Å². The van der Waals surface area contributed by atoms with Crippen molar-refractivity contribution in [3.8, 4) is 17.2 Å². The highest BCUT2D eigenvalue weighted by molar-refractivity contribution is 6.33. The Labute approximate surface area is 786 Å². The third-order valence-corrected chi connectivity index (χ3v) is 22.6. The van der Waals surface area contributed by atoms with E-state index in [1.54, 1.807) is 71.0 Å². The fourth-order valence-corrected chi connectivity index (χ4v) is 15.9. The number of esters is 2. The lowest BCUT2D eigenvalue weighted by Gasteiger charge is -2.30. The van der Waals surface area contributed by atoms with Crippen LogP contribution in [0.3, 0.4) is 0 Å². The quantitative estimate of drug-likeness (QED) is 0.0230. The Hall–Kier alpha value is -12.5. The molecule has 4 fully saturated rings. The van der Waals surface area contributed by atoms with Crippen LogP contribution in [0.5, 0.6) is 17.2 Å². The zero-order valence-corrected chi connectivity index (χ0v) is 80.9. The maximum atomic E-state index is 13.4. The second-order valence-corrected chi connectivity index (χ2v) is 37.6. The first-order chi connectivity index (χ1) is 62.4. The van der Waals surface area contributed by atoms with Crippen LogP contribution in [0.1, 0.15) is 280 Å². The molecule has 1 aliphatic carbocycles. The standard InChI is InChI=1S/C32H38N2O4.C28H30N2O4.C17H24O4.C15H16N2O.C11H8ClNO.C5H10.2CH4/c1-21-18-23(19-22(2)28(21)37-32(6,7)30(36)38-31(3,4)5)14-15-27(35)25-20-24-12-8-9-13-26(24)33-29(25)34-16-10-11-17-34;1-18-15-20(16-19(2)25(18)34-28(3,4)27(32)33)11-12-24(31)22-17-21-9-5-6-10-23(21)29-26(22)30-13-7-8-14-30;1-11-8-13(10-18)9-12(2)14(11)20-17(6,7)15(19)21-16(3,4)5;1-11(18)13-10-12-6-2-3-7-14(12)16-15(13)17-8-4-5-9-17;1-7(14)9-6-8-4-2-3-5-10(8)13-11(9)12;1-2-4-5-3-1;;/h8-9,12-15,18-20H,10-11,16-17H2,1-7H3;5-6,9-12,15-17H,7-8,13-14H2,1-4H3,(H,32,33);8-10H,1-7H3;2-3,6-7,10H,4-5,8-9H2,1H3;2-6H,1H3;1-5H2;2*1H4/b15-14+;12-11+;;;;;;/i;;;;;;1T;. The van der Waals surface area contributed by atoms with Crippen molar-refractivity contribution >= 4 is 132 Å². The van der Waals surface area contributed by atoms with Gasteiger partial charge in [0.1, 0.15) is 57.3 Å². The van der Waals surface area contributed by atoms with E-state index < -0.39 is 45.9 Å². The molecule has 22 heteroatoms. The SMILES string of the molecule is C.C1CCCC1.CC(=O)c1cc2ccccc2nc1Cl.CC(=O)c1cc2ccccc2nc1N1CCCC1.Cc1cc(/C=C/C(=O)c2cc3ccccc3nc2N2CCCC2)cc(C)c1OC(C)(C)C(=O)O.Cc1cc(/C=C/C(=O)c2cc3ccccc3nc2N2CCCC2)cc(C)c1OC(C)(C)C(=O)OC(C)(C)C.Cc1cc(C=O)cc(C)c1OC(C)(C)C(=O)OC(C)(C)C.[3H]C. The Morgan fingerprint density at radius 3 is 0.909 bits per heavy atom. The first kappa shape index (κ1) is 103. The lowest BCUT2D eigenvalue weighted by Crippen LogP contribution is -2.43. The molecule has 0 amide bonds. The number of ether oxygens (including phenoxy) is 5. The van der Waals surface area contributed by atoms with Gasteiger partial charge in [0, 0.05) is 67.7 Å². The summed E-state index contributed by atoms with van der Waals surface area (Å²) in [5, 5.41) is 13.5. The summed E-state index contributed by atoms with van der Waals surface area (Å²) >= 11 is 5.87. The molecule has 3 aliphatic heterocycles. The zero-order valence-electron chi connectivity index (χ0n) is 81.2. The highest BCUT2D eigenvalue weighted by atomic mass is 35.5. The summed E-state index contributed by atoms with van der Waals surface area (Å²) < 4.78 is 34.5. The minimum absolute atomic E-state index is 0. The number of aromatic nitrogens is 4. The molecule has 15 rings (SSSR count). The molecular formula is C110H134ClN7O14. The summed E-state index contributed by atoms with van der Waals surface area (Å²) in [6.45, 7) is 40.8. The number of rotatable bonds is 21. The van der Waals surface area contributed by atoms with Crippen molar-refractivity contribution < 1.29 is 68.5 Å². The summed E-state index contributed by atoms with van der Waals surface area (Å²) in [7, 11) is 1.25. The molecule has 4 aromatic heterocycles. The third-order valence-electron chi connectivity index (χ3n) is 22.4. The van der Waals surface area contributed by atoms with Crippen LogP contribution in [0, 0.1) is 41.5 Å². The second kappa shape index (κ2) is 46.1. The number of hydrogen-bond acceptors (Lipinski definition) is 20. The average molecular weight is 1820 g/mol. The summed E-state index contributed by atoms with van der Waals surface area (Å²) in [5.74, 6) is 2.15. The highest BCUT2D eigenvalue weighted by Gasteiger charge is 2.38. The number of aryl methyl sites for hydroxylation is 6. The number of anilines is 3. The van der Waals surface area contributed by atoms with Gasteiger partial charge in [-0.2, -0.15) is 0 Å². The number of allylic oxidation sites excluding steroid dienone is 2. The number of hydrogen-bond donors (Lipinski definition) is 1. The molecule has 21 nitrogen and oxygen atoms in total. The largest absolute Gasteiger partial charge is 0.478 e. The molecule has 1 saturated carbocycles. The van der Waals surface area contributed by atoms with Gasteiger partial charge in [-0.25, -0.2) is 34.3 Å². The Kier molecular flexibility index (Phi) is 36.0. The summed E-state index contributed by atoms with van der Waals surface area (Å²) in [5.41, 5.74) is 8.56. The van der Waals surface area contributed by atoms with Crippen LogP contribution < -0.4 is 28.9 Å². The highest BCUT2D eigenvalue weighted by Crippen LogP contribution is 2.37. The molecule has 0 atom stereocenters. The van der Waals surface area contributed by atoms with Gasteiger partial charge in [-0.1, -0.05) is 143 Å². The number of aliphatic carboxylic acids is 1. The van der Waals surface area contributed by atoms with Crippen LogP contribution in [0.15, 0.2) is 170 Å². The summed E-state index contributed by atoms with van der Waals surface area (Å²) in [6, 6.07) is 50.1. The Morgan fingerprint density at radius 1 is 0.371 bits per heavy atom. The molecule has 0 unspecified atom stereocenters. The van der Waals surface area contributed by atoms with Crippen molar-refractivity contribution in [1.29, 1.82) is 0 Å². The van der Waals surface area contributed by atoms with Crippen molar-refractivity contribution in [2.24, 2.45) is 0 Å². The van der Waals surface area contributed by atoms with E-state index in [0.717, 1.165) is 182 Å². The second-order valence-electron chi connectivity index (χ2n) is 37.2. The fraction of sp³-hybridized carbons (Fsp3) is 0.400. The van der Waals surface area contributed by atoms with Crippen molar-refractivity contribution in [1.82, 2.24) is 19.9 Å². The molecule has 7 heterocycles. The number of carbonyl (C=O) groups excluding carboxylic acids is 7. The van der Waals surface area contributed by atoms with Gasteiger partial charge in [0.15, 0.2) is 39.9 Å². The topological polar surface area (TPSA) is 264 Å². The molecule has 0 radical (unpaired) electrons. The first-order valence-corrected chi connectivity index (χ1v) is 45.3. The van der Waals surface area contributed by atoms with Crippen LogP contribution in [-0.4, -0.2) is 140 Å². The average Bonchev–Trinajstić information content (AvgIpc) is 1.78. The number of fused-ring (bicyclic) bond motifs is 4. The zero-order chi connectivity index (χ0) is 96.7. The Balaban J connectivity index is 0.000000208.